The third-order valence-corrected chi connectivity index (χ3v) is 6.34. The van der Waals surface area contributed by atoms with Gasteiger partial charge in [0.25, 0.3) is 0 Å². The molecule has 32 heavy (non-hydrogen) atoms. The number of hydrogen-bond donors (Lipinski definition) is 0. The molecule has 1 aliphatic heterocycles. The zero-order valence-corrected chi connectivity index (χ0v) is 19.3. The molecule has 1 aromatic heterocycles. The van der Waals surface area contributed by atoms with Crippen LogP contribution in [-0.4, -0.2) is 51.5 Å². The van der Waals surface area contributed by atoms with Crippen LogP contribution in [0.5, 0.6) is 11.5 Å². The van der Waals surface area contributed by atoms with Gasteiger partial charge in [-0.15, -0.1) is 10.2 Å². The lowest BCUT2D eigenvalue weighted by molar-refractivity contribution is -0.129. The molecule has 7 nitrogen and oxygen atoms in total. The Labute approximate surface area is 192 Å². The van der Waals surface area contributed by atoms with E-state index in [1.165, 1.54) is 18.2 Å². The predicted molar refractivity (Wildman–Crippen MR) is 125 cm³/mol. The van der Waals surface area contributed by atoms with Crippen LogP contribution in [0.25, 0.3) is 5.69 Å². The Hall–Kier alpha value is -3.00. The van der Waals surface area contributed by atoms with Crippen LogP contribution in [0.2, 0.25) is 0 Å². The largest absolute Gasteiger partial charge is 0.497 e. The Morgan fingerprint density at radius 1 is 1.03 bits per heavy atom. The highest BCUT2D eigenvalue weighted by Gasteiger charge is 2.20. The van der Waals surface area contributed by atoms with Gasteiger partial charge in [-0.25, -0.2) is 0 Å². The molecule has 1 saturated heterocycles. The van der Waals surface area contributed by atoms with Crippen molar-refractivity contribution in [2.24, 2.45) is 0 Å². The van der Waals surface area contributed by atoms with Gasteiger partial charge in [-0.3, -0.25) is 9.36 Å². The van der Waals surface area contributed by atoms with Crippen molar-refractivity contribution >= 4 is 17.7 Å². The molecule has 0 aliphatic carbocycles. The Balaban J connectivity index is 1.54. The summed E-state index contributed by atoms with van der Waals surface area (Å²) in [4.78, 5) is 14.6. The van der Waals surface area contributed by atoms with Crippen LogP contribution >= 0.6 is 11.8 Å². The van der Waals surface area contributed by atoms with Crippen LogP contribution in [-0.2, 0) is 11.4 Å². The molecular weight excluding hydrogens is 424 g/mol. The Kier molecular flexibility index (Phi) is 7.32. The number of aryl methyl sites for hydroxylation is 1. The highest BCUT2D eigenvalue weighted by Crippen LogP contribution is 2.25. The standard InChI is InChI=1S/C24H28N4O3S/c1-18-7-6-8-21(15-18)31-16-22-25-26-24(28(22)19-9-11-20(30-2)12-10-19)32-17-23(29)27-13-4-3-5-14-27/h6-12,15H,3-5,13-14,16-17H2,1-2H3. The number of likely N-dealkylation sites (tertiary alicyclic amines) is 1. The Morgan fingerprint density at radius 2 is 1.81 bits per heavy atom. The van der Waals surface area contributed by atoms with Crippen molar-refractivity contribution in [2.45, 2.75) is 37.9 Å². The molecule has 1 fully saturated rings. The third-order valence-electron chi connectivity index (χ3n) is 5.42. The van der Waals surface area contributed by atoms with Crippen LogP contribution in [0.4, 0.5) is 0 Å². The summed E-state index contributed by atoms with van der Waals surface area (Å²) in [6, 6.07) is 15.6. The second-order valence-corrected chi connectivity index (χ2v) is 8.71. The van der Waals surface area contributed by atoms with Gasteiger partial charge in [0, 0.05) is 18.8 Å². The zero-order valence-electron chi connectivity index (χ0n) is 18.5. The summed E-state index contributed by atoms with van der Waals surface area (Å²) in [6.07, 6.45) is 3.37. The number of amides is 1. The first-order valence-electron chi connectivity index (χ1n) is 10.8. The van der Waals surface area contributed by atoms with Crippen molar-refractivity contribution in [1.29, 1.82) is 0 Å². The first-order chi connectivity index (χ1) is 15.6. The van der Waals surface area contributed by atoms with E-state index in [-0.39, 0.29) is 12.5 Å². The number of carbonyl (C=O) groups excluding carboxylic acids is 1. The summed E-state index contributed by atoms with van der Waals surface area (Å²) < 4.78 is 13.2. The molecule has 4 rings (SSSR count). The van der Waals surface area contributed by atoms with E-state index in [4.69, 9.17) is 9.47 Å². The number of rotatable bonds is 8. The molecule has 2 heterocycles. The van der Waals surface area contributed by atoms with E-state index < -0.39 is 0 Å². The Bertz CT molecular complexity index is 1050. The van der Waals surface area contributed by atoms with Gasteiger partial charge in [-0.1, -0.05) is 23.9 Å². The number of methoxy groups -OCH3 is 1. The van der Waals surface area contributed by atoms with Crippen LogP contribution in [0, 0.1) is 6.92 Å². The van der Waals surface area contributed by atoms with E-state index in [1.807, 2.05) is 64.9 Å². The minimum atomic E-state index is 0.150. The van der Waals surface area contributed by atoms with Crippen molar-refractivity contribution in [3.8, 4) is 17.2 Å². The van der Waals surface area contributed by atoms with E-state index in [0.717, 1.165) is 48.7 Å². The smallest absolute Gasteiger partial charge is 0.233 e. The maximum atomic E-state index is 12.7. The van der Waals surface area contributed by atoms with Crippen LogP contribution in [0.15, 0.2) is 53.7 Å². The Morgan fingerprint density at radius 3 is 2.53 bits per heavy atom. The lowest BCUT2D eigenvalue weighted by Crippen LogP contribution is -2.36. The summed E-state index contributed by atoms with van der Waals surface area (Å²) in [5.41, 5.74) is 2.03. The topological polar surface area (TPSA) is 69.5 Å². The average Bonchev–Trinajstić information content (AvgIpc) is 3.24. The number of thioether (sulfide) groups is 1. The average molecular weight is 453 g/mol. The van der Waals surface area contributed by atoms with Crippen molar-refractivity contribution in [3.05, 3.63) is 59.9 Å². The maximum absolute atomic E-state index is 12.7. The van der Waals surface area contributed by atoms with Crippen LogP contribution in [0.1, 0.15) is 30.7 Å². The van der Waals surface area contributed by atoms with Gasteiger partial charge in [-0.05, 0) is 68.1 Å². The third kappa shape index (κ3) is 5.43. The number of benzene rings is 2. The molecule has 168 valence electrons. The fourth-order valence-corrected chi connectivity index (χ4v) is 4.57. The first kappa shape index (κ1) is 22.2. The molecular formula is C24H28N4O3S. The van der Waals surface area contributed by atoms with Gasteiger partial charge in [-0.2, -0.15) is 0 Å². The molecule has 1 amide bonds. The molecule has 0 bridgehead atoms. The highest BCUT2D eigenvalue weighted by molar-refractivity contribution is 7.99. The monoisotopic (exact) mass is 452 g/mol. The van der Waals surface area contributed by atoms with Crippen molar-refractivity contribution in [3.63, 3.8) is 0 Å². The molecule has 0 N–H and O–H groups in total. The van der Waals surface area contributed by atoms with Crippen LogP contribution in [0.3, 0.4) is 0 Å². The molecule has 0 unspecified atom stereocenters. The second-order valence-electron chi connectivity index (χ2n) is 7.77. The molecule has 0 radical (unpaired) electrons. The van der Waals surface area contributed by atoms with E-state index in [1.54, 1.807) is 7.11 Å². The lowest BCUT2D eigenvalue weighted by atomic mass is 10.1. The molecule has 0 atom stereocenters. The minimum absolute atomic E-state index is 0.150. The highest BCUT2D eigenvalue weighted by atomic mass is 32.2. The second kappa shape index (κ2) is 10.5. The maximum Gasteiger partial charge on any atom is 0.233 e. The zero-order chi connectivity index (χ0) is 22.3. The number of carbonyl (C=O) groups is 1. The first-order valence-corrected chi connectivity index (χ1v) is 11.8. The fraction of sp³-hybridized carbons (Fsp3) is 0.375. The summed E-state index contributed by atoms with van der Waals surface area (Å²) in [6.45, 7) is 3.99. The van der Waals surface area contributed by atoms with Crippen molar-refractivity contribution in [2.75, 3.05) is 26.0 Å². The minimum Gasteiger partial charge on any atom is -0.497 e. The van der Waals surface area contributed by atoms with Gasteiger partial charge >= 0.3 is 0 Å². The number of hydrogen-bond acceptors (Lipinski definition) is 6. The van der Waals surface area contributed by atoms with Gasteiger partial charge in [0.2, 0.25) is 5.91 Å². The van der Waals surface area contributed by atoms with E-state index in [9.17, 15) is 4.79 Å². The van der Waals surface area contributed by atoms with E-state index in [2.05, 4.69) is 10.2 Å². The number of aromatic nitrogens is 3. The van der Waals surface area contributed by atoms with E-state index in [0.29, 0.717) is 16.7 Å². The van der Waals surface area contributed by atoms with Gasteiger partial charge in [0.05, 0.1) is 12.9 Å². The summed E-state index contributed by atoms with van der Waals surface area (Å²) >= 11 is 1.41. The molecule has 0 saturated carbocycles. The molecule has 2 aromatic carbocycles. The fourth-order valence-electron chi connectivity index (χ4n) is 3.69. The van der Waals surface area contributed by atoms with Crippen molar-refractivity contribution in [1.82, 2.24) is 19.7 Å². The number of nitrogens with zero attached hydrogens (tertiary/aromatic N) is 4. The molecule has 1 aliphatic rings. The summed E-state index contributed by atoms with van der Waals surface area (Å²) in [5.74, 6) is 2.71. The van der Waals surface area contributed by atoms with E-state index >= 15 is 0 Å². The molecule has 8 heteroatoms. The molecule has 3 aromatic rings. The van der Waals surface area contributed by atoms with Crippen LogP contribution < -0.4 is 9.47 Å². The molecule has 0 spiro atoms. The van der Waals surface area contributed by atoms with Gasteiger partial charge in [0.15, 0.2) is 11.0 Å². The lowest BCUT2D eigenvalue weighted by Gasteiger charge is -2.26. The normalized spacial score (nSPS) is 13.8. The number of piperidine rings is 1. The summed E-state index contributed by atoms with van der Waals surface area (Å²) in [5, 5.41) is 9.42. The summed E-state index contributed by atoms with van der Waals surface area (Å²) in [7, 11) is 1.64. The predicted octanol–water partition coefficient (Wildman–Crippen LogP) is 4.27. The van der Waals surface area contributed by atoms with Gasteiger partial charge in [0.1, 0.15) is 18.1 Å². The number of ether oxygens (including phenoxy) is 2. The SMILES string of the molecule is COc1ccc(-n2c(COc3cccc(C)c3)nnc2SCC(=O)N2CCCCC2)cc1. The van der Waals surface area contributed by atoms with Crippen molar-refractivity contribution < 1.29 is 14.3 Å². The van der Waals surface area contributed by atoms with Gasteiger partial charge < -0.3 is 14.4 Å². The quantitative estimate of drug-likeness (QED) is 0.476.